The van der Waals surface area contributed by atoms with E-state index in [-0.39, 0.29) is 0 Å². The molecule has 0 spiro atoms. The van der Waals surface area contributed by atoms with Crippen molar-refractivity contribution in [3.8, 4) is 0 Å². The summed E-state index contributed by atoms with van der Waals surface area (Å²) in [7, 11) is 0. The first kappa shape index (κ1) is 14.6. The molecular formula is C7H10F6NSb. The second-order valence-electron chi connectivity index (χ2n) is 2.69. The Hall–Kier alpha value is -0.422. The summed E-state index contributed by atoms with van der Waals surface area (Å²) in [6.45, 7) is 0.890. The molecular weight excluding hydrogens is 334 g/mol. The van der Waals surface area contributed by atoms with Crippen LogP contribution in [0.25, 0.3) is 0 Å². The van der Waals surface area contributed by atoms with Crippen molar-refractivity contribution in [2.24, 2.45) is 0 Å². The third-order valence-corrected chi connectivity index (χ3v) is 1.13. The van der Waals surface area contributed by atoms with Gasteiger partial charge in [-0.3, -0.25) is 0 Å². The van der Waals surface area contributed by atoms with Crippen LogP contribution >= 0.6 is 0 Å². The molecule has 0 fully saturated rings. The van der Waals surface area contributed by atoms with Gasteiger partial charge in [-0.25, -0.2) is 0 Å². The second kappa shape index (κ2) is 3.86. The van der Waals surface area contributed by atoms with Gasteiger partial charge in [-0.1, -0.05) is 30.3 Å². The SMILES string of the molecule is [F][Sb-]([F])([F])([F])([F])[F].[NH3+]Cc1ccccc1. The van der Waals surface area contributed by atoms with Crippen molar-refractivity contribution in [1.29, 1.82) is 0 Å². The van der Waals surface area contributed by atoms with Crippen LogP contribution in [0, 0.1) is 0 Å². The van der Waals surface area contributed by atoms with E-state index in [1.807, 2.05) is 18.2 Å². The molecule has 0 bridgehead atoms. The molecule has 0 amide bonds. The van der Waals surface area contributed by atoms with Crippen LogP contribution in [0.3, 0.4) is 0 Å². The summed E-state index contributed by atoms with van der Waals surface area (Å²) in [5.41, 5.74) is 5.05. The van der Waals surface area contributed by atoms with E-state index in [9.17, 15) is 16.9 Å². The van der Waals surface area contributed by atoms with Gasteiger partial charge in [0.25, 0.3) is 0 Å². The van der Waals surface area contributed by atoms with Gasteiger partial charge in [0.15, 0.2) is 0 Å². The van der Waals surface area contributed by atoms with Gasteiger partial charge in [0.05, 0.1) is 6.54 Å². The van der Waals surface area contributed by atoms with Crippen molar-refractivity contribution < 1.29 is 22.6 Å². The Labute approximate surface area is 84.8 Å². The molecule has 0 aliphatic rings. The quantitative estimate of drug-likeness (QED) is 0.599. The monoisotopic (exact) mass is 343 g/mol. The molecule has 0 saturated carbocycles. The molecule has 90 valence electrons. The number of halogens is 6. The fraction of sp³-hybridized carbons (Fsp3) is 0.143. The van der Waals surface area contributed by atoms with E-state index in [0.29, 0.717) is 0 Å². The molecule has 1 aromatic rings. The van der Waals surface area contributed by atoms with Crippen molar-refractivity contribution in [3.05, 3.63) is 35.9 Å². The van der Waals surface area contributed by atoms with E-state index in [0.717, 1.165) is 6.54 Å². The summed E-state index contributed by atoms with van der Waals surface area (Å²) in [5.74, 6) is 0. The first-order chi connectivity index (χ1) is 6.38. The summed E-state index contributed by atoms with van der Waals surface area (Å²) in [4.78, 5) is 0. The summed E-state index contributed by atoms with van der Waals surface area (Å²) in [5, 5.41) is 0. The maximum Gasteiger partial charge on any atom is 0.0997 e. The number of hydrogen-bond acceptors (Lipinski definition) is 0. The molecule has 0 atom stereocenters. The molecule has 0 aromatic heterocycles. The van der Waals surface area contributed by atoms with E-state index in [1.165, 1.54) is 5.56 Å². The normalized spacial score (nSPS) is 15.7. The topological polar surface area (TPSA) is 27.6 Å². The van der Waals surface area contributed by atoms with Crippen molar-refractivity contribution in [3.63, 3.8) is 0 Å². The zero-order valence-corrected chi connectivity index (χ0v) is 10.1. The van der Waals surface area contributed by atoms with Gasteiger partial charge >= 0.3 is 36.4 Å². The Balaban J connectivity index is 0.000000265. The minimum absolute atomic E-state index is 0.890. The van der Waals surface area contributed by atoms with Crippen LogP contribution in [-0.4, -0.2) is 19.5 Å². The van der Waals surface area contributed by atoms with Crippen molar-refractivity contribution in [1.82, 2.24) is 0 Å². The van der Waals surface area contributed by atoms with Gasteiger partial charge in [-0.05, 0) is 0 Å². The Bertz CT molecular complexity index is 292. The maximum atomic E-state index is 9.93. The molecule has 15 heavy (non-hydrogen) atoms. The number of rotatable bonds is 1. The smallest absolute Gasteiger partial charge is 0.0997 e. The third-order valence-electron chi connectivity index (χ3n) is 1.13. The molecule has 1 rings (SSSR count). The molecule has 0 aliphatic carbocycles. The van der Waals surface area contributed by atoms with Crippen LogP contribution in [0.1, 0.15) is 5.56 Å². The molecule has 0 radical (unpaired) electrons. The van der Waals surface area contributed by atoms with E-state index < -0.39 is 19.5 Å². The van der Waals surface area contributed by atoms with Gasteiger partial charge in [0.2, 0.25) is 0 Å². The van der Waals surface area contributed by atoms with Crippen molar-refractivity contribution in [2.75, 3.05) is 0 Å². The third kappa shape index (κ3) is 19.8. The van der Waals surface area contributed by atoms with Gasteiger partial charge in [0.1, 0.15) is 0 Å². The number of hydrogen-bond donors (Lipinski definition) is 1. The summed E-state index contributed by atoms with van der Waals surface area (Å²) in [6, 6.07) is 10.2. The van der Waals surface area contributed by atoms with Gasteiger partial charge in [-0.2, -0.15) is 0 Å². The Morgan fingerprint density at radius 2 is 1.20 bits per heavy atom. The van der Waals surface area contributed by atoms with E-state index in [2.05, 4.69) is 17.9 Å². The number of benzene rings is 1. The van der Waals surface area contributed by atoms with Crippen LogP contribution in [-0.2, 0) is 6.54 Å². The standard InChI is InChI=1S/C7H9N.6FH.Sb/c8-6-7-4-2-1-3-5-7;;;;;;;/h1-5H,6,8H2;6*1H;/q;;;;;;;+5/p-5. The van der Waals surface area contributed by atoms with Crippen LogP contribution in [0.15, 0.2) is 30.3 Å². The Kier molecular flexibility index (Phi) is 3.76. The zero-order valence-electron chi connectivity index (χ0n) is 7.52. The van der Waals surface area contributed by atoms with Crippen molar-refractivity contribution in [2.45, 2.75) is 6.54 Å². The van der Waals surface area contributed by atoms with E-state index in [4.69, 9.17) is 0 Å². The predicted molar refractivity (Wildman–Crippen MR) is 45.4 cm³/mol. The second-order valence-corrected chi connectivity index (χ2v) is 8.16. The summed E-state index contributed by atoms with van der Waals surface area (Å²) < 4.78 is 59.6. The minimum Gasteiger partial charge on any atom is -0.354 e. The average Bonchev–Trinajstić information content (AvgIpc) is 2.00. The molecule has 0 heterocycles. The molecule has 0 unspecified atom stereocenters. The summed E-state index contributed by atoms with van der Waals surface area (Å²) >= 11 is -11.2. The molecule has 8 heteroatoms. The van der Waals surface area contributed by atoms with Crippen LogP contribution in [0.4, 0.5) is 16.9 Å². The van der Waals surface area contributed by atoms with Crippen LogP contribution < -0.4 is 5.73 Å². The summed E-state index contributed by atoms with van der Waals surface area (Å²) in [6.07, 6.45) is 0. The average molecular weight is 344 g/mol. The van der Waals surface area contributed by atoms with Gasteiger partial charge in [0, 0.05) is 5.56 Å². The fourth-order valence-corrected chi connectivity index (χ4v) is 0.645. The first-order valence-corrected chi connectivity index (χ1v) is 9.57. The van der Waals surface area contributed by atoms with Gasteiger partial charge in [-0.15, -0.1) is 0 Å². The minimum atomic E-state index is -11.2. The van der Waals surface area contributed by atoms with E-state index >= 15 is 0 Å². The number of quaternary nitrogens is 1. The molecule has 1 nitrogen and oxygen atoms in total. The first-order valence-electron chi connectivity index (χ1n) is 3.78. The zero-order chi connectivity index (χ0) is 12.2. The molecule has 0 aliphatic heterocycles. The Morgan fingerprint density at radius 3 is 1.40 bits per heavy atom. The predicted octanol–water partition coefficient (Wildman–Crippen LogP) is 2.57. The van der Waals surface area contributed by atoms with Gasteiger partial charge < -0.3 is 5.73 Å². The molecule has 3 N–H and O–H groups in total. The van der Waals surface area contributed by atoms with Crippen LogP contribution in [0.2, 0.25) is 0 Å². The Morgan fingerprint density at radius 1 is 0.867 bits per heavy atom. The molecule has 1 aromatic carbocycles. The maximum absolute atomic E-state index is 11.2. The molecule has 0 saturated heterocycles. The van der Waals surface area contributed by atoms with E-state index in [1.54, 1.807) is 0 Å². The van der Waals surface area contributed by atoms with Crippen molar-refractivity contribution >= 4 is 19.5 Å². The fourth-order valence-electron chi connectivity index (χ4n) is 0.645. The van der Waals surface area contributed by atoms with Crippen LogP contribution in [0.5, 0.6) is 0 Å². The largest absolute Gasteiger partial charge is 0.354 e.